The molecule has 0 aliphatic rings. The van der Waals surface area contributed by atoms with Crippen LogP contribution in [0.15, 0.2) is 0 Å². The highest BCUT2D eigenvalue weighted by Gasteiger charge is 1.67. The van der Waals surface area contributed by atoms with Gasteiger partial charge in [0.25, 0.3) is 0 Å². The Labute approximate surface area is 108 Å². The van der Waals surface area contributed by atoms with Gasteiger partial charge < -0.3 is 0 Å². The Morgan fingerprint density at radius 1 is 0.615 bits per heavy atom. The van der Waals surface area contributed by atoms with Crippen molar-refractivity contribution < 1.29 is 0 Å². The fourth-order valence-electron chi connectivity index (χ4n) is 0.118. The Morgan fingerprint density at radius 2 is 0.923 bits per heavy atom. The summed E-state index contributed by atoms with van der Waals surface area (Å²) in [7, 11) is 10.8. The largest absolute Gasteiger partial charge is 0.0979 e. The molecule has 0 heterocycles. The first kappa shape index (κ1) is 20.5. The van der Waals surface area contributed by atoms with Crippen molar-refractivity contribution in [3.8, 4) is 0 Å². The average Bonchev–Trinajstić information content (AvgIpc) is 2.20. The molecule has 84 valence electrons. The molecule has 0 saturated carbocycles. The fraction of sp³-hybridized carbons (Fsp3) is 1.00. The zero-order chi connectivity index (χ0) is 10.9. The van der Waals surface area contributed by atoms with Crippen LogP contribution in [0.3, 0.4) is 0 Å². The summed E-state index contributed by atoms with van der Waals surface area (Å²) < 4.78 is 0. The van der Waals surface area contributed by atoms with Crippen LogP contribution in [0.25, 0.3) is 0 Å². The lowest BCUT2D eigenvalue weighted by Gasteiger charge is -1.79. The molecule has 0 aliphatic carbocycles. The second-order valence-electron chi connectivity index (χ2n) is 1.24. The summed E-state index contributed by atoms with van der Waals surface area (Å²) in [6, 6.07) is 0. The third kappa shape index (κ3) is 55.5. The molecule has 0 amide bonds. The summed E-state index contributed by atoms with van der Waals surface area (Å²) in [6.45, 7) is 2.15. The van der Waals surface area contributed by atoms with E-state index in [0.717, 1.165) is 0 Å². The van der Waals surface area contributed by atoms with Gasteiger partial charge in [0.2, 0.25) is 0 Å². The van der Waals surface area contributed by atoms with Crippen LogP contribution in [0, 0.1) is 0 Å². The van der Waals surface area contributed by atoms with Gasteiger partial charge in [-0.1, -0.05) is 71.7 Å². The highest BCUT2D eigenvalue weighted by Crippen LogP contribution is 2.14. The van der Waals surface area contributed by atoms with Crippen molar-refractivity contribution in [3.05, 3.63) is 0 Å². The van der Waals surface area contributed by atoms with Gasteiger partial charge >= 0.3 is 0 Å². The SMILES string of the molecule is CCSSC.CSSC.CSSC. The summed E-state index contributed by atoms with van der Waals surface area (Å²) in [5.41, 5.74) is 0. The maximum atomic E-state index is 2.15. The molecule has 0 atom stereocenters. The molecule has 0 spiro atoms. The predicted octanol–water partition coefficient (Wildman–Crippen LogP) is 5.27. The number of hydrogen-bond acceptors (Lipinski definition) is 6. The van der Waals surface area contributed by atoms with Crippen LogP contribution >= 0.6 is 64.8 Å². The van der Waals surface area contributed by atoms with Crippen LogP contribution in [-0.2, 0) is 0 Å². The first-order chi connectivity index (χ1) is 6.24. The molecule has 0 aromatic heterocycles. The average molecular weight is 297 g/mol. The lowest BCUT2D eigenvalue weighted by Crippen LogP contribution is -1.51. The van der Waals surface area contributed by atoms with Gasteiger partial charge in [-0.3, -0.25) is 0 Å². The predicted molar refractivity (Wildman–Crippen MR) is 85.7 cm³/mol. The molecular weight excluding hydrogens is 276 g/mol. The molecule has 0 nitrogen and oxygen atoms in total. The molecular formula is C7H20S6. The smallest absolute Gasteiger partial charge is 0.000835 e. The van der Waals surface area contributed by atoms with Crippen LogP contribution in [-0.4, -0.2) is 37.0 Å². The van der Waals surface area contributed by atoms with Gasteiger partial charge in [0.05, 0.1) is 0 Å². The second-order valence-corrected chi connectivity index (χ2v) is 9.43. The summed E-state index contributed by atoms with van der Waals surface area (Å²) in [6.07, 6.45) is 10.3. The zero-order valence-electron chi connectivity index (χ0n) is 9.16. The lowest BCUT2D eigenvalue weighted by molar-refractivity contribution is 1.54. The Balaban J connectivity index is -0.000000117. The number of hydrogen-bond donors (Lipinski definition) is 0. The maximum absolute atomic E-state index is 2.15. The van der Waals surface area contributed by atoms with Crippen molar-refractivity contribution in [1.82, 2.24) is 0 Å². The third-order valence-electron chi connectivity index (χ3n) is 0.569. The van der Waals surface area contributed by atoms with E-state index in [0.29, 0.717) is 0 Å². The van der Waals surface area contributed by atoms with Crippen molar-refractivity contribution in [1.29, 1.82) is 0 Å². The van der Waals surface area contributed by atoms with Gasteiger partial charge in [-0.05, 0) is 31.3 Å². The molecule has 0 saturated heterocycles. The monoisotopic (exact) mass is 296 g/mol. The molecule has 0 aromatic carbocycles. The highest BCUT2D eigenvalue weighted by molar-refractivity contribution is 8.76. The Hall–Kier alpha value is 2.10. The summed E-state index contributed by atoms with van der Waals surface area (Å²) >= 11 is 0. The minimum Gasteiger partial charge on any atom is -0.0979 e. The maximum Gasteiger partial charge on any atom is 0.000835 e. The molecule has 0 radical (unpaired) electrons. The van der Waals surface area contributed by atoms with E-state index in [4.69, 9.17) is 0 Å². The Kier molecular flexibility index (Phi) is 46.1. The molecule has 13 heavy (non-hydrogen) atoms. The summed E-state index contributed by atoms with van der Waals surface area (Å²) in [4.78, 5) is 0. The Morgan fingerprint density at radius 3 is 0.923 bits per heavy atom. The van der Waals surface area contributed by atoms with Crippen LogP contribution in [0.4, 0.5) is 0 Å². The van der Waals surface area contributed by atoms with E-state index in [-0.39, 0.29) is 0 Å². The lowest BCUT2D eigenvalue weighted by atomic mass is 11.0. The first-order valence-corrected chi connectivity index (χ1v) is 12.2. The van der Waals surface area contributed by atoms with E-state index in [2.05, 4.69) is 38.2 Å². The number of rotatable bonds is 4. The summed E-state index contributed by atoms with van der Waals surface area (Å²) in [5.74, 6) is 1.22. The molecule has 0 unspecified atom stereocenters. The van der Waals surface area contributed by atoms with E-state index in [1.54, 1.807) is 43.2 Å². The minimum absolute atomic E-state index is 1.22. The van der Waals surface area contributed by atoms with Gasteiger partial charge in [0.15, 0.2) is 0 Å². The second kappa shape index (κ2) is 29.2. The van der Waals surface area contributed by atoms with Crippen molar-refractivity contribution in [2.75, 3.05) is 37.0 Å². The third-order valence-corrected chi connectivity index (χ3v) is 5.12. The Bertz CT molecular complexity index is 42.2. The van der Waals surface area contributed by atoms with Crippen molar-refractivity contribution in [2.24, 2.45) is 0 Å². The van der Waals surface area contributed by atoms with Gasteiger partial charge in [-0.25, -0.2) is 0 Å². The van der Waals surface area contributed by atoms with Crippen LogP contribution in [0.5, 0.6) is 0 Å². The van der Waals surface area contributed by atoms with Crippen molar-refractivity contribution in [2.45, 2.75) is 6.92 Å². The molecule has 0 fully saturated rings. The normalized spacial score (nSPS) is 7.85. The topological polar surface area (TPSA) is 0 Å². The highest BCUT2D eigenvalue weighted by atomic mass is 33.1. The molecule has 0 bridgehead atoms. The standard InChI is InChI=1S/C3H8S2.2C2H6S2/c1-3-5-4-2;2*1-3-4-2/h3H2,1-2H3;2*1-2H3. The molecule has 0 N–H and O–H groups in total. The van der Waals surface area contributed by atoms with E-state index < -0.39 is 0 Å². The van der Waals surface area contributed by atoms with Crippen LogP contribution in [0.1, 0.15) is 6.92 Å². The molecule has 0 rings (SSSR count). The van der Waals surface area contributed by atoms with Gasteiger partial charge in [0, 0.05) is 5.75 Å². The van der Waals surface area contributed by atoms with Gasteiger partial charge in [0.1, 0.15) is 0 Å². The van der Waals surface area contributed by atoms with Crippen molar-refractivity contribution in [3.63, 3.8) is 0 Å². The molecule has 6 heteroatoms. The quantitative estimate of drug-likeness (QED) is 0.643. The summed E-state index contributed by atoms with van der Waals surface area (Å²) in [5, 5.41) is 0. The van der Waals surface area contributed by atoms with Gasteiger partial charge in [-0.2, -0.15) is 0 Å². The van der Waals surface area contributed by atoms with E-state index in [1.807, 2.05) is 21.6 Å². The first-order valence-electron chi connectivity index (χ1n) is 3.54. The van der Waals surface area contributed by atoms with Crippen molar-refractivity contribution >= 4 is 64.8 Å². The molecule has 0 aliphatic heterocycles. The molecule has 0 aromatic rings. The fourth-order valence-corrected chi connectivity index (χ4v) is 1.06. The zero-order valence-corrected chi connectivity index (χ0v) is 14.1. The minimum atomic E-state index is 1.22. The van der Waals surface area contributed by atoms with E-state index in [9.17, 15) is 0 Å². The van der Waals surface area contributed by atoms with Crippen LogP contribution in [0.2, 0.25) is 0 Å². The van der Waals surface area contributed by atoms with Crippen LogP contribution < -0.4 is 0 Å². The van der Waals surface area contributed by atoms with E-state index >= 15 is 0 Å². The van der Waals surface area contributed by atoms with Gasteiger partial charge in [-0.15, -0.1) is 0 Å². The van der Waals surface area contributed by atoms with E-state index in [1.165, 1.54) is 5.75 Å².